The highest BCUT2D eigenvalue weighted by atomic mass is 35.5. The molecule has 0 radical (unpaired) electrons. The third-order valence-electron chi connectivity index (χ3n) is 3.62. The van der Waals surface area contributed by atoms with Crippen molar-refractivity contribution >= 4 is 11.6 Å². The van der Waals surface area contributed by atoms with Crippen molar-refractivity contribution in [1.29, 1.82) is 0 Å². The molecule has 0 saturated carbocycles. The summed E-state index contributed by atoms with van der Waals surface area (Å²) in [6, 6.07) is 7.83. The number of ether oxygens (including phenoxy) is 1. The van der Waals surface area contributed by atoms with Crippen molar-refractivity contribution in [1.82, 2.24) is 0 Å². The van der Waals surface area contributed by atoms with Gasteiger partial charge in [-0.15, -0.1) is 0 Å². The molecule has 2 unspecified atom stereocenters. The number of halogens is 1. The fraction of sp³-hybridized carbons (Fsp3) is 0.647. The summed E-state index contributed by atoms with van der Waals surface area (Å²) in [6.45, 7) is 5.07. The van der Waals surface area contributed by atoms with E-state index in [1.54, 1.807) is 0 Å². The van der Waals surface area contributed by atoms with E-state index in [1.165, 1.54) is 25.7 Å². The standard InChI is InChI=1S/C17H28ClNO/c1-3-5-6-7-10-13-20-17(16(19)4-2)14-11-8-9-12-15(14)18/h8-9,11-12,16-17H,3-7,10,13,19H2,1-2H3. The molecule has 0 aliphatic rings. The Morgan fingerprint density at radius 1 is 1.10 bits per heavy atom. The van der Waals surface area contributed by atoms with Crippen molar-refractivity contribution in [2.75, 3.05) is 6.61 Å². The lowest BCUT2D eigenvalue weighted by Gasteiger charge is -2.24. The Hall–Kier alpha value is -0.570. The van der Waals surface area contributed by atoms with Gasteiger partial charge >= 0.3 is 0 Å². The molecule has 1 aromatic rings. The Morgan fingerprint density at radius 2 is 1.80 bits per heavy atom. The summed E-state index contributed by atoms with van der Waals surface area (Å²) in [6.07, 6.45) is 6.97. The van der Waals surface area contributed by atoms with Crippen molar-refractivity contribution < 1.29 is 4.74 Å². The average molecular weight is 298 g/mol. The first kappa shape index (κ1) is 17.5. The summed E-state index contributed by atoms with van der Waals surface area (Å²) >= 11 is 6.27. The molecule has 0 saturated heterocycles. The van der Waals surface area contributed by atoms with Crippen LogP contribution in [0.1, 0.15) is 64.0 Å². The highest BCUT2D eigenvalue weighted by Gasteiger charge is 2.21. The lowest BCUT2D eigenvalue weighted by atomic mass is 10.0. The van der Waals surface area contributed by atoms with Gasteiger partial charge in [-0.3, -0.25) is 0 Å². The molecule has 0 aliphatic heterocycles. The van der Waals surface area contributed by atoms with E-state index in [2.05, 4.69) is 13.8 Å². The van der Waals surface area contributed by atoms with E-state index in [4.69, 9.17) is 22.1 Å². The number of hydrogen-bond donors (Lipinski definition) is 1. The summed E-state index contributed by atoms with van der Waals surface area (Å²) in [4.78, 5) is 0. The van der Waals surface area contributed by atoms with Gasteiger partial charge in [-0.05, 0) is 18.9 Å². The van der Waals surface area contributed by atoms with Crippen LogP contribution in [0.4, 0.5) is 0 Å². The molecule has 1 aromatic carbocycles. The van der Waals surface area contributed by atoms with Gasteiger partial charge in [-0.25, -0.2) is 0 Å². The van der Waals surface area contributed by atoms with E-state index in [9.17, 15) is 0 Å². The first-order chi connectivity index (χ1) is 9.70. The van der Waals surface area contributed by atoms with Gasteiger partial charge < -0.3 is 10.5 Å². The maximum Gasteiger partial charge on any atom is 0.0989 e. The third kappa shape index (κ3) is 5.82. The molecule has 0 aliphatic carbocycles. The van der Waals surface area contributed by atoms with Crippen molar-refractivity contribution in [2.45, 2.75) is 64.5 Å². The van der Waals surface area contributed by atoms with E-state index < -0.39 is 0 Å². The Morgan fingerprint density at radius 3 is 2.45 bits per heavy atom. The molecule has 114 valence electrons. The van der Waals surface area contributed by atoms with Crippen molar-refractivity contribution in [2.24, 2.45) is 5.73 Å². The second-order valence-electron chi connectivity index (χ2n) is 5.30. The molecule has 3 heteroatoms. The summed E-state index contributed by atoms with van der Waals surface area (Å²) in [5, 5.41) is 0.743. The van der Waals surface area contributed by atoms with Crippen LogP contribution in [0.5, 0.6) is 0 Å². The lowest BCUT2D eigenvalue weighted by molar-refractivity contribution is 0.0311. The van der Waals surface area contributed by atoms with Crippen LogP contribution in [-0.4, -0.2) is 12.6 Å². The van der Waals surface area contributed by atoms with Gasteiger partial charge in [-0.2, -0.15) is 0 Å². The normalized spacial score (nSPS) is 14.2. The fourth-order valence-corrected chi connectivity index (χ4v) is 2.52. The second-order valence-corrected chi connectivity index (χ2v) is 5.71. The number of unbranched alkanes of at least 4 members (excludes halogenated alkanes) is 4. The van der Waals surface area contributed by atoms with Crippen molar-refractivity contribution in [3.63, 3.8) is 0 Å². The molecule has 20 heavy (non-hydrogen) atoms. The SMILES string of the molecule is CCCCCCCOC(c1ccccc1Cl)C(N)CC. The smallest absolute Gasteiger partial charge is 0.0989 e. The van der Waals surface area contributed by atoms with E-state index in [0.29, 0.717) is 0 Å². The number of hydrogen-bond acceptors (Lipinski definition) is 2. The van der Waals surface area contributed by atoms with E-state index in [1.807, 2.05) is 24.3 Å². The molecule has 2 atom stereocenters. The minimum Gasteiger partial charge on any atom is -0.372 e. The molecular formula is C17H28ClNO. The summed E-state index contributed by atoms with van der Waals surface area (Å²) < 4.78 is 6.03. The molecule has 2 nitrogen and oxygen atoms in total. The fourth-order valence-electron chi connectivity index (χ4n) is 2.28. The largest absolute Gasteiger partial charge is 0.372 e. The monoisotopic (exact) mass is 297 g/mol. The van der Waals surface area contributed by atoms with Crippen LogP contribution in [0.25, 0.3) is 0 Å². The molecule has 0 bridgehead atoms. The second kappa shape index (κ2) is 10.2. The first-order valence-electron chi connectivity index (χ1n) is 7.82. The van der Waals surface area contributed by atoms with Gasteiger partial charge in [0.25, 0.3) is 0 Å². The lowest BCUT2D eigenvalue weighted by Crippen LogP contribution is -2.30. The first-order valence-corrected chi connectivity index (χ1v) is 8.20. The Bertz CT molecular complexity index is 370. The molecule has 1 rings (SSSR count). The predicted molar refractivity (Wildman–Crippen MR) is 87.2 cm³/mol. The molecule has 0 heterocycles. The van der Waals surface area contributed by atoms with Crippen LogP contribution >= 0.6 is 11.6 Å². The molecule has 0 amide bonds. The summed E-state index contributed by atoms with van der Waals surface area (Å²) in [5.74, 6) is 0. The van der Waals surface area contributed by atoms with Gasteiger partial charge in [0.05, 0.1) is 6.10 Å². The van der Waals surface area contributed by atoms with Crippen LogP contribution < -0.4 is 5.73 Å². The molecule has 0 spiro atoms. The predicted octanol–water partition coefficient (Wildman–Crippen LogP) is 5.11. The van der Waals surface area contributed by atoms with Crippen LogP contribution in [0.2, 0.25) is 5.02 Å². The van der Waals surface area contributed by atoms with Crippen LogP contribution in [0.15, 0.2) is 24.3 Å². The van der Waals surface area contributed by atoms with Crippen LogP contribution in [0.3, 0.4) is 0 Å². The zero-order chi connectivity index (χ0) is 14.8. The number of nitrogens with two attached hydrogens (primary N) is 1. The maximum absolute atomic E-state index is 6.27. The quantitative estimate of drug-likeness (QED) is 0.609. The average Bonchev–Trinajstić information content (AvgIpc) is 2.47. The highest BCUT2D eigenvalue weighted by Crippen LogP contribution is 2.28. The Kier molecular flexibility index (Phi) is 8.92. The third-order valence-corrected chi connectivity index (χ3v) is 3.96. The van der Waals surface area contributed by atoms with Gasteiger partial charge in [0, 0.05) is 23.2 Å². The molecular weight excluding hydrogens is 270 g/mol. The Balaban J connectivity index is 2.51. The molecule has 0 aromatic heterocycles. The molecule has 0 fully saturated rings. The van der Waals surface area contributed by atoms with Gasteiger partial charge in [0.2, 0.25) is 0 Å². The minimum atomic E-state index is -0.0973. The summed E-state index contributed by atoms with van der Waals surface area (Å²) in [7, 11) is 0. The van der Waals surface area contributed by atoms with Crippen molar-refractivity contribution in [3.05, 3.63) is 34.9 Å². The molecule has 2 N–H and O–H groups in total. The highest BCUT2D eigenvalue weighted by molar-refractivity contribution is 6.31. The number of rotatable bonds is 10. The van der Waals surface area contributed by atoms with Gasteiger partial charge in [0.1, 0.15) is 0 Å². The Labute approximate surface area is 128 Å². The maximum atomic E-state index is 6.27. The van der Waals surface area contributed by atoms with Crippen LogP contribution in [0, 0.1) is 0 Å². The van der Waals surface area contributed by atoms with E-state index in [-0.39, 0.29) is 12.1 Å². The zero-order valence-electron chi connectivity index (χ0n) is 12.8. The van der Waals surface area contributed by atoms with E-state index >= 15 is 0 Å². The van der Waals surface area contributed by atoms with E-state index in [0.717, 1.165) is 30.0 Å². The van der Waals surface area contributed by atoms with Gasteiger partial charge in [-0.1, -0.05) is 69.3 Å². The van der Waals surface area contributed by atoms with Crippen LogP contribution in [-0.2, 0) is 4.74 Å². The summed E-state index contributed by atoms with van der Waals surface area (Å²) in [5.41, 5.74) is 7.21. The zero-order valence-corrected chi connectivity index (χ0v) is 13.5. The topological polar surface area (TPSA) is 35.2 Å². The van der Waals surface area contributed by atoms with Gasteiger partial charge in [0.15, 0.2) is 0 Å². The van der Waals surface area contributed by atoms with Crippen molar-refractivity contribution in [3.8, 4) is 0 Å². The minimum absolute atomic E-state index is 0.00876. The number of benzene rings is 1.